The molecule has 0 aromatic heterocycles. The Bertz CT molecular complexity index is 535. The SMILES string of the molecule is CCOCC(C(=O)O)N(Cc1ccccc1)C(N)=NC(F)(F)F. The first-order chi connectivity index (χ1) is 10.7. The lowest BCUT2D eigenvalue weighted by Crippen LogP contribution is -2.51. The molecule has 0 heterocycles. The number of alkyl halides is 3. The molecule has 0 fully saturated rings. The van der Waals surface area contributed by atoms with Gasteiger partial charge in [0.1, 0.15) is 0 Å². The molecular weight excluding hydrogens is 315 g/mol. The van der Waals surface area contributed by atoms with Crippen LogP contribution < -0.4 is 5.73 Å². The first kappa shape index (κ1) is 18.8. The van der Waals surface area contributed by atoms with Crippen LogP contribution in [0, 0.1) is 0 Å². The second-order valence-electron chi connectivity index (χ2n) is 4.56. The van der Waals surface area contributed by atoms with Crippen LogP contribution in [0.1, 0.15) is 12.5 Å². The minimum atomic E-state index is -4.90. The van der Waals surface area contributed by atoms with Crippen molar-refractivity contribution in [3.05, 3.63) is 35.9 Å². The minimum Gasteiger partial charge on any atom is -0.480 e. The van der Waals surface area contributed by atoms with Gasteiger partial charge in [-0.25, -0.2) is 4.79 Å². The predicted octanol–water partition coefficient (Wildman–Crippen LogP) is 1.81. The molecule has 0 radical (unpaired) electrons. The number of rotatable bonds is 7. The van der Waals surface area contributed by atoms with Crippen LogP contribution in [0.4, 0.5) is 13.2 Å². The molecule has 0 aliphatic rings. The monoisotopic (exact) mass is 333 g/mol. The summed E-state index contributed by atoms with van der Waals surface area (Å²) in [4.78, 5) is 14.7. The van der Waals surface area contributed by atoms with Gasteiger partial charge in [-0.15, -0.1) is 13.2 Å². The maximum absolute atomic E-state index is 12.4. The highest BCUT2D eigenvalue weighted by molar-refractivity contribution is 5.85. The number of nitrogens with zero attached hydrogens (tertiary/aromatic N) is 2. The van der Waals surface area contributed by atoms with Gasteiger partial charge in [0.2, 0.25) is 5.96 Å². The molecule has 23 heavy (non-hydrogen) atoms. The van der Waals surface area contributed by atoms with Gasteiger partial charge in [0.15, 0.2) is 6.04 Å². The lowest BCUT2D eigenvalue weighted by atomic mass is 10.2. The molecule has 0 spiro atoms. The summed E-state index contributed by atoms with van der Waals surface area (Å²) in [6.45, 7) is 1.41. The molecule has 0 bridgehead atoms. The molecule has 0 aliphatic heterocycles. The fraction of sp³-hybridized carbons (Fsp3) is 0.429. The average Bonchev–Trinajstić information content (AvgIpc) is 2.45. The Morgan fingerprint density at radius 1 is 1.39 bits per heavy atom. The molecule has 9 heteroatoms. The Kier molecular flexibility index (Phi) is 6.83. The van der Waals surface area contributed by atoms with Crippen molar-refractivity contribution in [2.24, 2.45) is 10.7 Å². The van der Waals surface area contributed by atoms with Crippen molar-refractivity contribution in [2.75, 3.05) is 13.2 Å². The molecule has 0 aliphatic carbocycles. The molecule has 1 aromatic rings. The van der Waals surface area contributed by atoms with Crippen LogP contribution in [0.25, 0.3) is 0 Å². The summed E-state index contributed by atoms with van der Waals surface area (Å²) >= 11 is 0. The van der Waals surface area contributed by atoms with Crippen LogP contribution in [0.5, 0.6) is 0 Å². The van der Waals surface area contributed by atoms with Crippen LogP contribution in [0.2, 0.25) is 0 Å². The molecule has 128 valence electrons. The maximum atomic E-state index is 12.4. The van der Waals surface area contributed by atoms with Crippen LogP contribution in [-0.2, 0) is 16.1 Å². The van der Waals surface area contributed by atoms with E-state index in [9.17, 15) is 23.1 Å². The van der Waals surface area contributed by atoms with Crippen LogP contribution >= 0.6 is 0 Å². The zero-order valence-electron chi connectivity index (χ0n) is 12.5. The van der Waals surface area contributed by atoms with E-state index in [2.05, 4.69) is 4.99 Å². The first-order valence-corrected chi connectivity index (χ1v) is 6.77. The van der Waals surface area contributed by atoms with E-state index in [4.69, 9.17) is 10.5 Å². The number of carboxylic acid groups (broad SMARTS) is 1. The molecule has 1 unspecified atom stereocenters. The summed E-state index contributed by atoms with van der Waals surface area (Å²) in [6.07, 6.45) is -4.90. The molecule has 0 saturated carbocycles. The van der Waals surface area contributed by atoms with Gasteiger partial charge in [-0.2, -0.15) is 4.99 Å². The maximum Gasteiger partial charge on any atom is 0.506 e. The summed E-state index contributed by atoms with van der Waals surface area (Å²) < 4.78 is 42.4. The normalized spacial score (nSPS) is 13.7. The highest BCUT2D eigenvalue weighted by atomic mass is 19.4. The van der Waals surface area contributed by atoms with E-state index in [1.807, 2.05) is 0 Å². The van der Waals surface area contributed by atoms with Crippen molar-refractivity contribution in [3.8, 4) is 0 Å². The summed E-state index contributed by atoms with van der Waals surface area (Å²) in [7, 11) is 0. The highest BCUT2D eigenvalue weighted by Crippen LogP contribution is 2.18. The van der Waals surface area contributed by atoms with E-state index >= 15 is 0 Å². The smallest absolute Gasteiger partial charge is 0.480 e. The lowest BCUT2D eigenvalue weighted by molar-refractivity contribution is -0.144. The van der Waals surface area contributed by atoms with Crippen molar-refractivity contribution in [1.29, 1.82) is 0 Å². The van der Waals surface area contributed by atoms with E-state index in [-0.39, 0.29) is 19.8 Å². The number of aliphatic carboxylic acids is 1. The molecule has 1 aromatic carbocycles. The third kappa shape index (κ3) is 6.55. The van der Waals surface area contributed by atoms with Gasteiger partial charge in [-0.1, -0.05) is 30.3 Å². The average molecular weight is 333 g/mol. The Morgan fingerprint density at radius 2 is 2.00 bits per heavy atom. The van der Waals surface area contributed by atoms with E-state index < -0.39 is 24.3 Å². The first-order valence-electron chi connectivity index (χ1n) is 6.77. The van der Waals surface area contributed by atoms with Gasteiger partial charge in [-0.05, 0) is 12.5 Å². The Labute approximate surface area is 131 Å². The number of ether oxygens (including phenoxy) is 1. The number of carboxylic acids is 1. The van der Waals surface area contributed by atoms with Crippen LogP contribution in [-0.4, -0.2) is 47.5 Å². The number of hydrogen-bond donors (Lipinski definition) is 2. The van der Waals surface area contributed by atoms with Crippen LogP contribution in [0.15, 0.2) is 35.3 Å². The second-order valence-corrected chi connectivity index (χ2v) is 4.56. The molecule has 1 rings (SSSR count). The molecule has 0 amide bonds. The number of halogens is 3. The summed E-state index contributed by atoms with van der Waals surface area (Å²) in [5.41, 5.74) is 5.99. The highest BCUT2D eigenvalue weighted by Gasteiger charge is 2.32. The van der Waals surface area contributed by atoms with Gasteiger partial charge in [0.25, 0.3) is 0 Å². The van der Waals surface area contributed by atoms with Crippen LogP contribution in [0.3, 0.4) is 0 Å². The van der Waals surface area contributed by atoms with Gasteiger partial charge in [0, 0.05) is 13.2 Å². The summed E-state index contributed by atoms with van der Waals surface area (Å²) in [5, 5.41) is 9.28. The third-order valence-electron chi connectivity index (χ3n) is 2.87. The van der Waals surface area contributed by atoms with Crippen molar-refractivity contribution >= 4 is 11.9 Å². The zero-order valence-corrected chi connectivity index (χ0v) is 12.5. The van der Waals surface area contributed by atoms with Crippen molar-refractivity contribution in [3.63, 3.8) is 0 Å². The van der Waals surface area contributed by atoms with Crippen molar-refractivity contribution in [2.45, 2.75) is 25.8 Å². The largest absolute Gasteiger partial charge is 0.506 e. The Morgan fingerprint density at radius 3 is 2.48 bits per heavy atom. The fourth-order valence-electron chi connectivity index (χ4n) is 1.85. The van der Waals surface area contributed by atoms with Crippen molar-refractivity contribution < 1.29 is 27.8 Å². The van der Waals surface area contributed by atoms with E-state index in [1.54, 1.807) is 37.3 Å². The third-order valence-corrected chi connectivity index (χ3v) is 2.87. The number of carbonyl (C=O) groups is 1. The molecule has 0 saturated heterocycles. The quantitative estimate of drug-likeness (QED) is 0.451. The summed E-state index contributed by atoms with van der Waals surface area (Å²) in [6, 6.07) is 7.00. The Balaban J connectivity index is 3.12. The molecule has 3 N–H and O–H groups in total. The zero-order chi connectivity index (χ0) is 17.5. The minimum absolute atomic E-state index is 0.143. The fourth-order valence-corrected chi connectivity index (χ4v) is 1.85. The topological polar surface area (TPSA) is 88.2 Å². The molecule has 1 atom stereocenters. The van der Waals surface area contributed by atoms with E-state index in [0.29, 0.717) is 5.56 Å². The second kappa shape index (κ2) is 8.37. The molecular formula is C14H18F3N3O3. The van der Waals surface area contributed by atoms with Gasteiger partial charge >= 0.3 is 12.3 Å². The Hall–Kier alpha value is -2.29. The standard InChI is InChI=1S/C14H18F3N3O3/c1-2-23-9-11(12(21)22)20(13(18)19-14(15,16)17)8-10-6-4-3-5-7-10/h3-7,11H,2,8-9H2,1H3,(H2,18,19)(H,21,22). The van der Waals surface area contributed by atoms with Gasteiger partial charge in [0.05, 0.1) is 6.61 Å². The van der Waals surface area contributed by atoms with E-state index in [1.165, 1.54) is 0 Å². The lowest BCUT2D eigenvalue weighted by Gasteiger charge is -2.30. The van der Waals surface area contributed by atoms with Gasteiger partial charge in [-0.3, -0.25) is 0 Å². The van der Waals surface area contributed by atoms with E-state index in [0.717, 1.165) is 4.90 Å². The number of hydrogen-bond acceptors (Lipinski definition) is 3. The molecule has 6 nitrogen and oxygen atoms in total. The van der Waals surface area contributed by atoms with Crippen molar-refractivity contribution in [1.82, 2.24) is 4.90 Å². The number of nitrogens with two attached hydrogens (primary N) is 1. The van der Waals surface area contributed by atoms with Gasteiger partial charge < -0.3 is 20.5 Å². The predicted molar refractivity (Wildman–Crippen MR) is 77.6 cm³/mol. The number of guanidine groups is 1. The number of benzene rings is 1. The summed E-state index contributed by atoms with van der Waals surface area (Å²) in [5.74, 6) is -2.27. The number of aliphatic imine (C=N–C) groups is 1.